The molecule has 1 atom stereocenters. The van der Waals surface area contributed by atoms with Gasteiger partial charge < -0.3 is 9.88 Å². The lowest BCUT2D eigenvalue weighted by atomic mass is 10.3. The Kier molecular flexibility index (Phi) is 3.87. The van der Waals surface area contributed by atoms with Crippen molar-refractivity contribution in [3.05, 3.63) is 18.2 Å². The molecule has 0 radical (unpaired) electrons. The molecule has 1 rings (SSSR count). The molecular weight excluding hydrogens is 214 g/mol. The predicted octanol–water partition coefficient (Wildman–Crippen LogP) is 0.208. The number of sulfone groups is 1. The lowest BCUT2D eigenvalue weighted by Crippen LogP contribution is -2.27. The highest BCUT2D eigenvalue weighted by Crippen LogP contribution is 2.12. The van der Waals surface area contributed by atoms with Crippen molar-refractivity contribution in [2.45, 2.75) is 19.5 Å². The van der Waals surface area contributed by atoms with Crippen molar-refractivity contribution in [3.8, 4) is 0 Å². The molecule has 0 aliphatic rings. The van der Waals surface area contributed by atoms with E-state index < -0.39 is 9.84 Å². The second-order valence-corrected chi connectivity index (χ2v) is 5.69. The number of hydrogen-bond donors (Lipinski definition) is 1. The van der Waals surface area contributed by atoms with E-state index in [0.29, 0.717) is 0 Å². The molecule has 0 amide bonds. The molecule has 1 N–H and O–H groups in total. The van der Waals surface area contributed by atoms with Crippen LogP contribution >= 0.6 is 0 Å². The first-order chi connectivity index (χ1) is 6.98. The van der Waals surface area contributed by atoms with Crippen LogP contribution < -0.4 is 5.32 Å². The van der Waals surface area contributed by atoms with Crippen LogP contribution in [-0.4, -0.2) is 37.0 Å². The summed E-state index contributed by atoms with van der Waals surface area (Å²) >= 11 is 0. The molecule has 0 saturated heterocycles. The molecule has 5 nitrogen and oxygen atoms in total. The van der Waals surface area contributed by atoms with Crippen LogP contribution in [0.15, 0.2) is 12.4 Å². The molecule has 0 fully saturated rings. The number of aromatic nitrogens is 2. The smallest absolute Gasteiger partial charge is 0.149 e. The lowest BCUT2D eigenvalue weighted by Gasteiger charge is -2.15. The molecule has 15 heavy (non-hydrogen) atoms. The maximum Gasteiger partial charge on any atom is 0.149 e. The van der Waals surface area contributed by atoms with Gasteiger partial charge in [0.25, 0.3) is 0 Å². The third-order valence-electron chi connectivity index (χ3n) is 2.22. The monoisotopic (exact) mass is 231 g/mol. The van der Waals surface area contributed by atoms with Crippen LogP contribution in [0.2, 0.25) is 0 Å². The van der Waals surface area contributed by atoms with Crippen LogP contribution in [-0.2, 0) is 16.4 Å². The predicted molar refractivity (Wildman–Crippen MR) is 59.4 cm³/mol. The van der Waals surface area contributed by atoms with Crippen molar-refractivity contribution in [2.75, 3.05) is 19.1 Å². The number of nitrogens with zero attached hydrogens (tertiary/aromatic N) is 2. The van der Waals surface area contributed by atoms with E-state index in [-0.39, 0.29) is 11.8 Å². The average Bonchev–Trinajstić information content (AvgIpc) is 2.60. The van der Waals surface area contributed by atoms with Crippen molar-refractivity contribution in [3.63, 3.8) is 0 Å². The van der Waals surface area contributed by atoms with Gasteiger partial charge in [-0.15, -0.1) is 0 Å². The second kappa shape index (κ2) is 4.76. The SMILES string of the molecule is CCn1ccnc1C(CS(C)(=O)=O)NC. The molecule has 1 unspecified atom stereocenters. The van der Waals surface area contributed by atoms with E-state index in [4.69, 9.17) is 0 Å². The molecule has 0 saturated carbocycles. The molecule has 1 aromatic rings. The summed E-state index contributed by atoms with van der Waals surface area (Å²) in [6.45, 7) is 2.79. The third kappa shape index (κ3) is 3.32. The molecule has 1 heterocycles. The topological polar surface area (TPSA) is 64.0 Å². The highest BCUT2D eigenvalue weighted by atomic mass is 32.2. The van der Waals surface area contributed by atoms with E-state index >= 15 is 0 Å². The molecule has 0 aromatic carbocycles. The zero-order valence-corrected chi connectivity index (χ0v) is 10.1. The first-order valence-corrected chi connectivity index (χ1v) is 6.90. The van der Waals surface area contributed by atoms with Crippen molar-refractivity contribution in [1.82, 2.24) is 14.9 Å². The van der Waals surface area contributed by atoms with E-state index in [9.17, 15) is 8.42 Å². The van der Waals surface area contributed by atoms with Crippen LogP contribution in [0.3, 0.4) is 0 Å². The Bertz CT molecular complexity index is 411. The second-order valence-electron chi connectivity index (χ2n) is 3.51. The van der Waals surface area contributed by atoms with Gasteiger partial charge in [0.05, 0.1) is 11.8 Å². The van der Waals surface area contributed by atoms with Crippen LogP contribution in [0.5, 0.6) is 0 Å². The Morgan fingerprint density at radius 1 is 1.60 bits per heavy atom. The highest BCUT2D eigenvalue weighted by Gasteiger charge is 2.19. The van der Waals surface area contributed by atoms with Crippen molar-refractivity contribution >= 4 is 9.84 Å². The number of rotatable bonds is 5. The van der Waals surface area contributed by atoms with E-state index in [0.717, 1.165) is 12.4 Å². The fourth-order valence-electron chi connectivity index (χ4n) is 1.49. The Balaban J connectivity index is 2.92. The zero-order chi connectivity index (χ0) is 11.5. The molecule has 0 bridgehead atoms. The summed E-state index contributed by atoms with van der Waals surface area (Å²) in [5, 5.41) is 2.97. The summed E-state index contributed by atoms with van der Waals surface area (Å²) in [6.07, 6.45) is 4.77. The van der Waals surface area contributed by atoms with Gasteiger partial charge in [0, 0.05) is 25.2 Å². The normalized spacial score (nSPS) is 14.1. The third-order valence-corrected chi connectivity index (χ3v) is 3.16. The molecule has 0 spiro atoms. The largest absolute Gasteiger partial charge is 0.334 e. The minimum absolute atomic E-state index is 0.0700. The van der Waals surface area contributed by atoms with Gasteiger partial charge in [0.2, 0.25) is 0 Å². The number of nitrogens with one attached hydrogen (secondary N) is 1. The standard InChI is InChI=1S/C9H17N3O2S/c1-4-12-6-5-11-9(12)8(10-2)7-15(3,13)14/h5-6,8,10H,4,7H2,1-3H3. The van der Waals surface area contributed by atoms with Crippen LogP contribution in [0.4, 0.5) is 0 Å². The van der Waals surface area contributed by atoms with Crippen molar-refractivity contribution in [2.24, 2.45) is 0 Å². The fraction of sp³-hybridized carbons (Fsp3) is 0.667. The Morgan fingerprint density at radius 2 is 2.27 bits per heavy atom. The van der Waals surface area contributed by atoms with Gasteiger partial charge in [-0.25, -0.2) is 13.4 Å². The molecule has 1 aromatic heterocycles. The summed E-state index contributed by atoms with van der Waals surface area (Å²) in [5.41, 5.74) is 0. The number of imidazole rings is 1. The van der Waals surface area contributed by atoms with Gasteiger partial charge in [-0.2, -0.15) is 0 Å². The van der Waals surface area contributed by atoms with Gasteiger partial charge in [0.15, 0.2) is 0 Å². The summed E-state index contributed by atoms with van der Waals surface area (Å²) in [6, 6.07) is -0.241. The Morgan fingerprint density at radius 3 is 2.73 bits per heavy atom. The molecule has 0 aliphatic carbocycles. The quantitative estimate of drug-likeness (QED) is 0.786. The van der Waals surface area contributed by atoms with Gasteiger partial charge in [-0.1, -0.05) is 0 Å². The van der Waals surface area contributed by atoms with E-state index in [2.05, 4.69) is 10.3 Å². The summed E-state index contributed by atoms with van der Waals surface area (Å²) in [4.78, 5) is 4.18. The maximum atomic E-state index is 11.2. The zero-order valence-electron chi connectivity index (χ0n) is 9.27. The van der Waals surface area contributed by atoms with Crippen LogP contribution in [0.25, 0.3) is 0 Å². The first-order valence-electron chi connectivity index (χ1n) is 4.84. The van der Waals surface area contributed by atoms with Gasteiger partial charge >= 0.3 is 0 Å². The summed E-state index contributed by atoms with van der Waals surface area (Å²) in [7, 11) is -1.26. The van der Waals surface area contributed by atoms with E-state index in [1.54, 1.807) is 13.2 Å². The van der Waals surface area contributed by atoms with Gasteiger partial charge in [-0.3, -0.25) is 0 Å². The lowest BCUT2D eigenvalue weighted by molar-refractivity contribution is 0.545. The fourth-order valence-corrected chi connectivity index (χ4v) is 2.41. The first kappa shape index (κ1) is 12.2. The van der Waals surface area contributed by atoms with Gasteiger partial charge in [-0.05, 0) is 14.0 Å². The summed E-state index contributed by atoms with van der Waals surface area (Å²) in [5.74, 6) is 0.839. The van der Waals surface area contributed by atoms with Gasteiger partial charge in [0.1, 0.15) is 15.7 Å². The average molecular weight is 231 g/mol. The minimum Gasteiger partial charge on any atom is -0.334 e. The number of hydrogen-bond acceptors (Lipinski definition) is 4. The molecule has 86 valence electrons. The Labute approximate surface area is 90.4 Å². The van der Waals surface area contributed by atoms with E-state index in [1.807, 2.05) is 17.7 Å². The van der Waals surface area contributed by atoms with Crippen molar-refractivity contribution in [1.29, 1.82) is 0 Å². The molecule has 6 heteroatoms. The highest BCUT2D eigenvalue weighted by molar-refractivity contribution is 7.90. The van der Waals surface area contributed by atoms with Crippen LogP contribution in [0, 0.1) is 0 Å². The minimum atomic E-state index is -3.00. The Hall–Kier alpha value is -0.880. The molecule has 0 aliphatic heterocycles. The maximum absolute atomic E-state index is 11.2. The summed E-state index contributed by atoms with van der Waals surface area (Å²) < 4.78 is 24.4. The number of aryl methyl sites for hydroxylation is 1. The van der Waals surface area contributed by atoms with E-state index in [1.165, 1.54) is 6.26 Å². The molecular formula is C9H17N3O2S. The van der Waals surface area contributed by atoms with Crippen molar-refractivity contribution < 1.29 is 8.42 Å². The van der Waals surface area contributed by atoms with Crippen LogP contribution in [0.1, 0.15) is 18.8 Å².